The zero-order valence-electron chi connectivity index (χ0n) is 12.1. The van der Waals surface area contributed by atoms with E-state index in [-0.39, 0.29) is 11.5 Å². The molecule has 1 atom stereocenters. The number of rotatable bonds is 4. The van der Waals surface area contributed by atoms with Gasteiger partial charge in [0.15, 0.2) is 0 Å². The fraction of sp³-hybridized carbons (Fsp3) is 0.571. The lowest BCUT2D eigenvalue weighted by Gasteiger charge is -2.28. The molecule has 0 aliphatic heterocycles. The quantitative estimate of drug-likeness (QED) is 0.901. The Morgan fingerprint density at radius 2 is 1.89 bits per heavy atom. The van der Waals surface area contributed by atoms with Crippen molar-refractivity contribution in [2.75, 3.05) is 0 Å². The molecule has 0 amide bonds. The van der Waals surface area contributed by atoms with Gasteiger partial charge in [-0.05, 0) is 42.5 Å². The van der Waals surface area contributed by atoms with Crippen molar-refractivity contribution in [1.82, 2.24) is 4.72 Å². The Morgan fingerprint density at radius 1 is 1.32 bits per heavy atom. The zero-order valence-corrected chi connectivity index (χ0v) is 14.5. The second-order valence-electron chi connectivity index (χ2n) is 5.81. The predicted molar refractivity (Wildman–Crippen MR) is 82.8 cm³/mol. The smallest absolute Gasteiger partial charge is 0.208 e. The van der Waals surface area contributed by atoms with Crippen LogP contribution in [0, 0.1) is 5.41 Å². The van der Waals surface area contributed by atoms with Crippen LogP contribution in [0.25, 0.3) is 0 Å². The molecule has 1 unspecified atom stereocenters. The van der Waals surface area contributed by atoms with Crippen molar-refractivity contribution < 1.29 is 8.42 Å². The van der Waals surface area contributed by atoms with Gasteiger partial charge in [0, 0.05) is 10.5 Å². The first-order chi connectivity index (χ1) is 8.58. The van der Waals surface area contributed by atoms with Crippen LogP contribution in [-0.2, 0) is 16.4 Å². The first kappa shape index (κ1) is 16.7. The van der Waals surface area contributed by atoms with Crippen molar-refractivity contribution in [2.24, 2.45) is 5.41 Å². The normalized spacial score (nSPS) is 14.4. The Labute approximate surface area is 125 Å². The second-order valence-corrected chi connectivity index (χ2v) is 8.41. The number of hydrogen-bond acceptors (Lipinski definition) is 2. The van der Waals surface area contributed by atoms with Gasteiger partial charge in [0.25, 0.3) is 0 Å². The van der Waals surface area contributed by atoms with Crippen LogP contribution in [-0.4, -0.2) is 14.5 Å². The van der Waals surface area contributed by atoms with E-state index in [0.717, 1.165) is 10.0 Å². The molecular formula is C14H22BrNO2S. The van der Waals surface area contributed by atoms with Crippen molar-refractivity contribution in [3.05, 3.63) is 28.2 Å². The lowest BCUT2D eigenvalue weighted by atomic mass is 9.89. The van der Waals surface area contributed by atoms with Crippen LogP contribution >= 0.6 is 15.9 Å². The Kier molecular flexibility index (Phi) is 5.21. The van der Waals surface area contributed by atoms with Crippen molar-refractivity contribution in [2.45, 2.75) is 52.0 Å². The van der Waals surface area contributed by atoms with E-state index in [1.54, 1.807) is 12.1 Å². The second kappa shape index (κ2) is 5.94. The first-order valence-electron chi connectivity index (χ1n) is 6.38. The van der Waals surface area contributed by atoms with E-state index in [1.807, 2.05) is 40.7 Å². The Balaban J connectivity index is 3.14. The fourth-order valence-corrected chi connectivity index (χ4v) is 3.71. The minimum absolute atomic E-state index is 0.116. The van der Waals surface area contributed by atoms with Gasteiger partial charge in [-0.25, -0.2) is 13.1 Å². The average Bonchev–Trinajstić information content (AvgIpc) is 2.26. The highest BCUT2D eigenvalue weighted by atomic mass is 79.9. The van der Waals surface area contributed by atoms with Gasteiger partial charge in [-0.15, -0.1) is 0 Å². The summed E-state index contributed by atoms with van der Waals surface area (Å²) in [6.45, 7) is 9.89. The van der Waals surface area contributed by atoms with Gasteiger partial charge < -0.3 is 0 Å². The molecule has 0 fully saturated rings. The molecule has 0 heterocycles. The minimum atomic E-state index is -3.47. The fourth-order valence-electron chi connectivity index (χ4n) is 1.56. The van der Waals surface area contributed by atoms with Gasteiger partial charge in [-0.1, -0.05) is 43.6 Å². The molecule has 19 heavy (non-hydrogen) atoms. The Hall–Kier alpha value is -0.390. The van der Waals surface area contributed by atoms with Crippen LogP contribution in [0.4, 0.5) is 0 Å². The first-order valence-corrected chi connectivity index (χ1v) is 8.66. The van der Waals surface area contributed by atoms with Gasteiger partial charge >= 0.3 is 0 Å². The maximum atomic E-state index is 12.5. The van der Waals surface area contributed by atoms with Gasteiger partial charge in [0.2, 0.25) is 10.0 Å². The lowest BCUT2D eigenvalue weighted by molar-refractivity contribution is 0.317. The van der Waals surface area contributed by atoms with E-state index >= 15 is 0 Å². The molecule has 1 N–H and O–H groups in total. The van der Waals surface area contributed by atoms with E-state index in [4.69, 9.17) is 0 Å². The number of aryl methyl sites for hydroxylation is 1. The summed E-state index contributed by atoms with van der Waals surface area (Å²) in [5.74, 6) is 0. The largest absolute Gasteiger partial charge is 0.241 e. The van der Waals surface area contributed by atoms with Crippen molar-refractivity contribution in [3.8, 4) is 0 Å². The number of nitrogens with one attached hydrogen (secondary N) is 1. The molecule has 108 valence electrons. The summed E-state index contributed by atoms with van der Waals surface area (Å²) >= 11 is 3.37. The molecule has 5 heteroatoms. The highest BCUT2D eigenvalue weighted by molar-refractivity contribution is 9.10. The molecule has 1 rings (SSSR count). The minimum Gasteiger partial charge on any atom is -0.208 e. The van der Waals surface area contributed by atoms with Crippen LogP contribution in [0.1, 0.15) is 40.2 Å². The molecule has 0 saturated heterocycles. The van der Waals surface area contributed by atoms with E-state index in [1.165, 1.54) is 0 Å². The van der Waals surface area contributed by atoms with Crippen LogP contribution in [0.5, 0.6) is 0 Å². The third kappa shape index (κ3) is 4.29. The Morgan fingerprint density at radius 3 is 2.37 bits per heavy atom. The lowest BCUT2D eigenvalue weighted by Crippen LogP contribution is -2.41. The van der Waals surface area contributed by atoms with E-state index < -0.39 is 10.0 Å². The van der Waals surface area contributed by atoms with Crippen LogP contribution < -0.4 is 4.72 Å². The molecule has 0 spiro atoms. The van der Waals surface area contributed by atoms with Gasteiger partial charge in [0.1, 0.15) is 0 Å². The molecule has 0 aromatic heterocycles. The molecule has 1 aromatic carbocycles. The summed E-state index contributed by atoms with van der Waals surface area (Å²) in [6, 6.07) is 5.14. The Bertz CT molecular complexity index is 547. The SMILES string of the molecule is CCc1cc(Br)ccc1S(=O)(=O)NC(C)C(C)(C)C. The molecule has 0 radical (unpaired) electrons. The molecule has 0 saturated carbocycles. The number of sulfonamides is 1. The van der Waals surface area contributed by atoms with Gasteiger partial charge in [-0.3, -0.25) is 0 Å². The summed E-state index contributed by atoms with van der Waals surface area (Å²) in [6.07, 6.45) is 0.680. The van der Waals surface area contributed by atoms with E-state index in [2.05, 4.69) is 20.7 Å². The van der Waals surface area contributed by atoms with Crippen LogP contribution in [0.2, 0.25) is 0 Å². The highest BCUT2D eigenvalue weighted by Gasteiger charge is 2.27. The van der Waals surface area contributed by atoms with Gasteiger partial charge in [-0.2, -0.15) is 0 Å². The topological polar surface area (TPSA) is 46.2 Å². The number of benzene rings is 1. The molecule has 3 nitrogen and oxygen atoms in total. The number of hydrogen-bond donors (Lipinski definition) is 1. The third-order valence-electron chi connectivity index (χ3n) is 3.32. The molecule has 0 aliphatic carbocycles. The maximum absolute atomic E-state index is 12.5. The van der Waals surface area contributed by atoms with Crippen LogP contribution in [0.15, 0.2) is 27.6 Å². The molecule has 0 bridgehead atoms. The standard InChI is InChI=1S/C14H22BrNO2S/c1-6-11-9-12(15)7-8-13(11)19(17,18)16-10(2)14(3,4)5/h7-10,16H,6H2,1-5H3. The summed E-state index contributed by atoms with van der Waals surface area (Å²) in [5, 5.41) is 0. The van der Waals surface area contributed by atoms with Gasteiger partial charge in [0.05, 0.1) is 4.90 Å². The van der Waals surface area contributed by atoms with Crippen molar-refractivity contribution in [3.63, 3.8) is 0 Å². The maximum Gasteiger partial charge on any atom is 0.241 e. The summed E-state index contributed by atoms with van der Waals surface area (Å²) in [5.41, 5.74) is 0.706. The highest BCUT2D eigenvalue weighted by Crippen LogP contribution is 2.24. The van der Waals surface area contributed by atoms with Crippen molar-refractivity contribution in [1.29, 1.82) is 0 Å². The third-order valence-corrected chi connectivity index (χ3v) is 5.46. The average molecular weight is 348 g/mol. The summed E-state index contributed by atoms with van der Waals surface area (Å²) in [4.78, 5) is 0.370. The monoisotopic (exact) mass is 347 g/mol. The summed E-state index contributed by atoms with van der Waals surface area (Å²) in [7, 11) is -3.47. The number of halogens is 1. The summed E-state index contributed by atoms with van der Waals surface area (Å²) < 4.78 is 28.6. The van der Waals surface area contributed by atoms with Crippen LogP contribution in [0.3, 0.4) is 0 Å². The van der Waals surface area contributed by atoms with Crippen molar-refractivity contribution >= 4 is 26.0 Å². The molecule has 0 aliphatic rings. The molecular weight excluding hydrogens is 326 g/mol. The zero-order chi connectivity index (χ0) is 14.8. The van der Waals surface area contributed by atoms with E-state index in [0.29, 0.717) is 11.3 Å². The molecule has 1 aromatic rings. The predicted octanol–water partition coefficient (Wildman–Crippen LogP) is 3.72. The van der Waals surface area contributed by atoms with E-state index in [9.17, 15) is 8.42 Å².